The molecular formula is C12H21NOS. The number of nitrogens with one attached hydrogen (secondary N) is 1. The first-order valence-corrected chi connectivity index (χ1v) is 6.53. The monoisotopic (exact) mass is 227 g/mol. The molecule has 1 rings (SSSR count). The molecule has 0 saturated carbocycles. The molecule has 0 unspecified atom stereocenters. The molecule has 0 aliphatic heterocycles. The molecule has 1 aromatic heterocycles. The van der Waals surface area contributed by atoms with Crippen molar-refractivity contribution in [3.05, 3.63) is 22.4 Å². The van der Waals surface area contributed by atoms with E-state index in [9.17, 15) is 0 Å². The Balaban J connectivity index is 1.85. The van der Waals surface area contributed by atoms with E-state index < -0.39 is 0 Å². The van der Waals surface area contributed by atoms with Gasteiger partial charge in [-0.15, -0.1) is 0 Å². The van der Waals surface area contributed by atoms with Crippen LogP contribution in [0.4, 0.5) is 0 Å². The van der Waals surface area contributed by atoms with Gasteiger partial charge in [0.05, 0.1) is 6.61 Å². The minimum absolute atomic E-state index is 0.635. The number of hydrogen-bond donors (Lipinski definition) is 1. The zero-order valence-electron chi connectivity index (χ0n) is 9.66. The predicted molar refractivity (Wildman–Crippen MR) is 66.5 cm³/mol. The van der Waals surface area contributed by atoms with Gasteiger partial charge in [0.2, 0.25) is 0 Å². The van der Waals surface area contributed by atoms with Gasteiger partial charge in [0.15, 0.2) is 0 Å². The van der Waals surface area contributed by atoms with E-state index in [2.05, 4.69) is 36.0 Å². The lowest BCUT2D eigenvalue weighted by atomic mass is 10.2. The fraction of sp³-hybridized carbons (Fsp3) is 0.667. The van der Waals surface area contributed by atoms with E-state index in [-0.39, 0.29) is 0 Å². The minimum atomic E-state index is 0.635. The average Bonchev–Trinajstić information content (AvgIpc) is 2.68. The van der Waals surface area contributed by atoms with Crippen LogP contribution in [0.1, 0.15) is 19.4 Å². The molecule has 0 atom stereocenters. The SMILES string of the molecule is CC(C)COCCNCCc1ccsc1. The summed E-state index contributed by atoms with van der Waals surface area (Å²) in [5.41, 5.74) is 1.43. The molecule has 3 heteroatoms. The summed E-state index contributed by atoms with van der Waals surface area (Å²) < 4.78 is 5.47. The van der Waals surface area contributed by atoms with E-state index in [4.69, 9.17) is 4.74 Å². The highest BCUT2D eigenvalue weighted by Crippen LogP contribution is 2.05. The van der Waals surface area contributed by atoms with Crippen molar-refractivity contribution >= 4 is 11.3 Å². The number of thiophene rings is 1. The van der Waals surface area contributed by atoms with Gasteiger partial charge in [0.25, 0.3) is 0 Å². The number of hydrogen-bond acceptors (Lipinski definition) is 3. The molecule has 1 aromatic rings. The van der Waals surface area contributed by atoms with Crippen molar-refractivity contribution in [2.24, 2.45) is 5.92 Å². The molecule has 0 radical (unpaired) electrons. The van der Waals surface area contributed by atoms with E-state index in [0.29, 0.717) is 5.92 Å². The first-order chi connectivity index (χ1) is 7.29. The highest BCUT2D eigenvalue weighted by molar-refractivity contribution is 7.07. The third-order valence-corrected chi connectivity index (χ3v) is 2.78. The Hall–Kier alpha value is -0.380. The Labute approximate surface area is 96.7 Å². The topological polar surface area (TPSA) is 21.3 Å². The fourth-order valence-electron chi connectivity index (χ4n) is 1.26. The second-order valence-corrected chi connectivity index (χ2v) is 4.88. The Morgan fingerprint density at radius 2 is 2.27 bits per heavy atom. The van der Waals surface area contributed by atoms with E-state index in [1.54, 1.807) is 11.3 Å². The van der Waals surface area contributed by atoms with Gasteiger partial charge in [-0.1, -0.05) is 13.8 Å². The average molecular weight is 227 g/mol. The van der Waals surface area contributed by atoms with E-state index in [1.165, 1.54) is 5.56 Å². The molecule has 0 spiro atoms. The summed E-state index contributed by atoms with van der Waals surface area (Å²) in [4.78, 5) is 0. The number of ether oxygens (including phenoxy) is 1. The lowest BCUT2D eigenvalue weighted by Gasteiger charge is -2.07. The minimum Gasteiger partial charge on any atom is -0.380 e. The van der Waals surface area contributed by atoms with Crippen molar-refractivity contribution in [2.75, 3.05) is 26.3 Å². The van der Waals surface area contributed by atoms with Crippen molar-refractivity contribution in [2.45, 2.75) is 20.3 Å². The van der Waals surface area contributed by atoms with Gasteiger partial charge < -0.3 is 10.1 Å². The maximum Gasteiger partial charge on any atom is 0.0591 e. The molecule has 86 valence electrons. The van der Waals surface area contributed by atoms with Crippen molar-refractivity contribution < 1.29 is 4.74 Å². The van der Waals surface area contributed by atoms with Crippen LogP contribution in [0.5, 0.6) is 0 Å². The van der Waals surface area contributed by atoms with Crippen molar-refractivity contribution in [1.29, 1.82) is 0 Å². The molecule has 0 amide bonds. The van der Waals surface area contributed by atoms with Crippen LogP contribution in [-0.2, 0) is 11.2 Å². The molecule has 0 fully saturated rings. The van der Waals surface area contributed by atoms with Crippen LogP contribution in [0.15, 0.2) is 16.8 Å². The zero-order valence-corrected chi connectivity index (χ0v) is 10.5. The molecule has 2 nitrogen and oxygen atoms in total. The predicted octanol–water partition coefficient (Wildman–Crippen LogP) is 2.55. The van der Waals surface area contributed by atoms with Gasteiger partial charge in [-0.05, 0) is 41.3 Å². The molecule has 0 bridgehead atoms. The van der Waals surface area contributed by atoms with Gasteiger partial charge >= 0.3 is 0 Å². The van der Waals surface area contributed by atoms with E-state index in [1.807, 2.05) is 0 Å². The molecule has 0 saturated heterocycles. The summed E-state index contributed by atoms with van der Waals surface area (Å²) in [6.45, 7) is 8.03. The summed E-state index contributed by atoms with van der Waals surface area (Å²) in [6.07, 6.45) is 1.12. The van der Waals surface area contributed by atoms with Crippen LogP contribution in [0, 0.1) is 5.92 Å². The van der Waals surface area contributed by atoms with Gasteiger partial charge in [0, 0.05) is 13.2 Å². The normalized spacial score (nSPS) is 11.1. The van der Waals surface area contributed by atoms with Crippen LogP contribution < -0.4 is 5.32 Å². The van der Waals surface area contributed by atoms with Crippen LogP contribution in [0.2, 0.25) is 0 Å². The summed E-state index contributed by atoms with van der Waals surface area (Å²) in [6, 6.07) is 2.18. The van der Waals surface area contributed by atoms with Crippen LogP contribution in [-0.4, -0.2) is 26.3 Å². The maximum atomic E-state index is 5.47. The largest absolute Gasteiger partial charge is 0.380 e. The van der Waals surface area contributed by atoms with E-state index >= 15 is 0 Å². The Morgan fingerprint density at radius 3 is 2.93 bits per heavy atom. The van der Waals surface area contributed by atoms with Crippen LogP contribution in [0.25, 0.3) is 0 Å². The van der Waals surface area contributed by atoms with Gasteiger partial charge in [0.1, 0.15) is 0 Å². The standard InChI is InChI=1S/C12H21NOS/c1-11(2)9-14-7-6-13-5-3-12-4-8-15-10-12/h4,8,10-11,13H,3,5-7,9H2,1-2H3. The first kappa shape index (κ1) is 12.7. The molecule has 0 aliphatic carbocycles. The van der Waals surface area contributed by atoms with Gasteiger partial charge in [-0.3, -0.25) is 0 Å². The highest BCUT2D eigenvalue weighted by atomic mass is 32.1. The molecule has 1 N–H and O–H groups in total. The molecule has 0 aliphatic rings. The van der Waals surface area contributed by atoms with Gasteiger partial charge in [-0.25, -0.2) is 0 Å². The fourth-order valence-corrected chi connectivity index (χ4v) is 1.96. The van der Waals surface area contributed by atoms with Crippen molar-refractivity contribution in [3.63, 3.8) is 0 Å². The Kier molecular flexibility index (Phi) is 6.64. The third-order valence-electron chi connectivity index (χ3n) is 2.04. The van der Waals surface area contributed by atoms with Gasteiger partial charge in [-0.2, -0.15) is 11.3 Å². The molecular weight excluding hydrogens is 206 g/mol. The second kappa shape index (κ2) is 7.85. The molecule has 0 aromatic carbocycles. The third kappa shape index (κ3) is 6.66. The molecule has 15 heavy (non-hydrogen) atoms. The first-order valence-electron chi connectivity index (χ1n) is 5.58. The Morgan fingerprint density at radius 1 is 1.40 bits per heavy atom. The maximum absolute atomic E-state index is 5.47. The van der Waals surface area contributed by atoms with Crippen molar-refractivity contribution in [1.82, 2.24) is 5.32 Å². The quantitative estimate of drug-likeness (QED) is 0.689. The summed E-state index contributed by atoms with van der Waals surface area (Å²) in [7, 11) is 0. The zero-order chi connectivity index (χ0) is 10.9. The van der Waals surface area contributed by atoms with E-state index in [0.717, 1.165) is 32.7 Å². The smallest absolute Gasteiger partial charge is 0.0591 e. The van der Waals surface area contributed by atoms with Crippen molar-refractivity contribution in [3.8, 4) is 0 Å². The lowest BCUT2D eigenvalue weighted by molar-refractivity contribution is 0.112. The summed E-state index contributed by atoms with van der Waals surface area (Å²) >= 11 is 1.76. The lowest BCUT2D eigenvalue weighted by Crippen LogP contribution is -2.22. The number of rotatable bonds is 8. The highest BCUT2D eigenvalue weighted by Gasteiger charge is 1.94. The molecule has 1 heterocycles. The van der Waals surface area contributed by atoms with Crippen LogP contribution >= 0.6 is 11.3 Å². The Bertz CT molecular complexity index is 234. The summed E-state index contributed by atoms with van der Waals surface area (Å²) in [5.74, 6) is 0.635. The second-order valence-electron chi connectivity index (χ2n) is 4.10. The van der Waals surface area contributed by atoms with Crippen LogP contribution in [0.3, 0.4) is 0 Å². The summed E-state index contributed by atoms with van der Waals surface area (Å²) in [5, 5.41) is 7.71.